The molecule has 0 unspecified atom stereocenters. The molecule has 31 heavy (non-hydrogen) atoms. The Morgan fingerprint density at radius 2 is 1.94 bits per heavy atom. The normalized spacial score (nSPS) is 20.3. The Hall–Kier alpha value is -2.74. The van der Waals surface area contributed by atoms with Gasteiger partial charge in [0.2, 0.25) is 5.91 Å². The lowest BCUT2D eigenvalue weighted by Crippen LogP contribution is -2.40. The lowest BCUT2D eigenvalue weighted by molar-refractivity contribution is -0.139. The van der Waals surface area contributed by atoms with Gasteiger partial charge in [0.25, 0.3) is 0 Å². The second-order valence-electron chi connectivity index (χ2n) is 6.98. The Morgan fingerprint density at radius 1 is 1.23 bits per heavy atom. The standard InChI is InChI=1S/C23H28N2O5S/c1-6-12-30-22(27)19-14(5)24-23-25(21(26)18(7-2)31-23)20(19)15-10-11-16(28-8-3)17(13-15)29-9-4/h6,10-11,13,18,20H,1,7-9,12H2,2-5H3/t18-,20+/m1/s1. The van der Waals surface area contributed by atoms with Gasteiger partial charge in [0.05, 0.1) is 35.8 Å². The number of thioether (sulfide) groups is 1. The number of fused-ring (bicyclic) bond motifs is 1. The summed E-state index contributed by atoms with van der Waals surface area (Å²) in [5.74, 6) is 0.593. The second kappa shape index (κ2) is 10.0. The molecule has 1 saturated heterocycles. The van der Waals surface area contributed by atoms with Crippen molar-refractivity contribution in [1.82, 2.24) is 4.90 Å². The molecule has 0 N–H and O–H groups in total. The van der Waals surface area contributed by atoms with E-state index in [1.165, 1.54) is 17.8 Å². The monoisotopic (exact) mass is 444 g/mol. The number of benzene rings is 1. The van der Waals surface area contributed by atoms with Gasteiger partial charge in [-0.15, -0.1) is 0 Å². The highest BCUT2D eigenvalue weighted by Gasteiger charge is 2.47. The molecule has 7 nitrogen and oxygen atoms in total. The van der Waals surface area contributed by atoms with Crippen molar-refractivity contribution in [2.24, 2.45) is 4.99 Å². The van der Waals surface area contributed by atoms with E-state index in [1.54, 1.807) is 11.8 Å². The number of amidine groups is 1. The number of carbonyl (C=O) groups excluding carboxylic acids is 2. The van der Waals surface area contributed by atoms with Crippen molar-refractivity contribution in [3.63, 3.8) is 0 Å². The highest BCUT2D eigenvalue weighted by molar-refractivity contribution is 8.15. The molecule has 1 amide bonds. The molecule has 2 atom stereocenters. The summed E-state index contributed by atoms with van der Waals surface area (Å²) in [6, 6.07) is 4.83. The summed E-state index contributed by atoms with van der Waals surface area (Å²) in [6.07, 6.45) is 2.18. The van der Waals surface area contributed by atoms with Gasteiger partial charge in [-0.2, -0.15) is 0 Å². The largest absolute Gasteiger partial charge is 0.490 e. The average Bonchev–Trinajstić information content (AvgIpc) is 3.07. The van der Waals surface area contributed by atoms with E-state index in [9.17, 15) is 9.59 Å². The van der Waals surface area contributed by atoms with Crippen molar-refractivity contribution in [2.45, 2.75) is 45.4 Å². The Labute approximate surface area is 187 Å². The molecular formula is C23H28N2O5S. The number of amides is 1. The third kappa shape index (κ3) is 4.49. The van der Waals surface area contributed by atoms with Gasteiger partial charge in [-0.1, -0.05) is 37.4 Å². The van der Waals surface area contributed by atoms with Gasteiger partial charge >= 0.3 is 5.97 Å². The number of hydrogen-bond acceptors (Lipinski definition) is 7. The molecule has 1 fully saturated rings. The molecule has 2 heterocycles. The van der Waals surface area contributed by atoms with E-state index in [1.807, 2.05) is 39.0 Å². The molecule has 0 saturated carbocycles. The first kappa shape index (κ1) is 22.9. The summed E-state index contributed by atoms with van der Waals surface area (Å²) in [5.41, 5.74) is 1.60. The summed E-state index contributed by atoms with van der Waals surface area (Å²) in [6.45, 7) is 12.2. The summed E-state index contributed by atoms with van der Waals surface area (Å²) in [4.78, 5) is 32.4. The maximum atomic E-state index is 13.2. The molecule has 2 aliphatic rings. The highest BCUT2D eigenvalue weighted by Crippen LogP contribution is 2.45. The summed E-state index contributed by atoms with van der Waals surface area (Å²) in [5, 5.41) is 0.373. The van der Waals surface area contributed by atoms with Crippen LogP contribution in [0.4, 0.5) is 0 Å². The molecule has 2 aliphatic heterocycles. The number of ether oxygens (including phenoxy) is 3. The zero-order valence-corrected chi connectivity index (χ0v) is 19.2. The first-order valence-electron chi connectivity index (χ1n) is 10.4. The fraction of sp³-hybridized carbons (Fsp3) is 0.435. The zero-order valence-electron chi connectivity index (χ0n) is 18.3. The molecule has 0 spiro atoms. The van der Waals surface area contributed by atoms with Crippen LogP contribution in [0, 0.1) is 0 Å². The van der Waals surface area contributed by atoms with E-state index >= 15 is 0 Å². The van der Waals surface area contributed by atoms with Crippen LogP contribution in [-0.2, 0) is 14.3 Å². The van der Waals surface area contributed by atoms with Crippen molar-refractivity contribution < 1.29 is 23.8 Å². The fourth-order valence-corrected chi connectivity index (χ4v) is 4.75. The molecule has 8 heteroatoms. The topological polar surface area (TPSA) is 77.4 Å². The first-order chi connectivity index (χ1) is 15.0. The maximum absolute atomic E-state index is 13.2. The van der Waals surface area contributed by atoms with Crippen molar-refractivity contribution in [3.8, 4) is 11.5 Å². The van der Waals surface area contributed by atoms with Crippen molar-refractivity contribution in [1.29, 1.82) is 0 Å². The highest BCUT2D eigenvalue weighted by atomic mass is 32.2. The van der Waals surface area contributed by atoms with Gasteiger partial charge < -0.3 is 14.2 Å². The number of allylic oxidation sites excluding steroid dienone is 1. The molecule has 0 aliphatic carbocycles. The molecule has 1 aromatic rings. The van der Waals surface area contributed by atoms with Crippen LogP contribution in [0.15, 0.2) is 47.1 Å². The molecule has 0 aromatic heterocycles. The van der Waals surface area contributed by atoms with Crippen molar-refractivity contribution >= 4 is 28.8 Å². The van der Waals surface area contributed by atoms with E-state index in [4.69, 9.17) is 14.2 Å². The number of hydrogen-bond donors (Lipinski definition) is 0. The molecule has 3 rings (SSSR count). The van der Waals surface area contributed by atoms with E-state index in [0.29, 0.717) is 47.6 Å². The third-order valence-corrected chi connectivity index (χ3v) is 6.28. The number of carbonyl (C=O) groups is 2. The van der Waals surface area contributed by atoms with E-state index in [2.05, 4.69) is 11.6 Å². The van der Waals surface area contributed by atoms with Gasteiger partial charge in [-0.05, 0) is 44.9 Å². The zero-order chi connectivity index (χ0) is 22.5. The SMILES string of the molecule is C=CCOC(=O)C1=C(C)N=C2S[C@H](CC)C(=O)N2[C@H]1c1ccc(OCC)c(OCC)c1. The van der Waals surface area contributed by atoms with Crippen LogP contribution in [-0.4, -0.2) is 47.0 Å². The Kier molecular flexibility index (Phi) is 7.43. The molecule has 1 aromatic carbocycles. The van der Waals surface area contributed by atoms with Crippen molar-refractivity contribution in [3.05, 3.63) is 47.7 Å². The Balaban J connectivity index is 2.13. The van der Waals surface area contributed by atoms with Crippen LogP contribution in [0.25, 0.3) is 0 Å². The van der Waals surface area contributed by atoms with Crippen LogP contribution >= 0.6 is 11.8 Å². The van der Waals surface area contributed by atoms with E-state index < -0.39 is 12.0 Å². The predicted octanol–water partition coefficient (Wildman–Crippen LogP) is 4.25. The molecule has 0 radical (unpaired) electrons. The summed E-state index contributed by atoms with van der Waals surface area (Å²) in [7, 11) is 0. The van der Waals surface area contributed by atoms with Gasteiger partial charge in [-0.3, -0.25) is 9.69 Å². The molecule has 0 bridgehead atoms. The van der Waals surface area contributed by atoms with Crippen LogP contribution in [0.5, 0.6) is 11.5 Å². The van der Waals surface area contributed by atoms with Gasteiger partial charge in [0, 0.05) is 0 Å². The number of esters is 1. The van der Waals surface area contributed by atoms with Crippen LogP contribution in [0.2, 0.25) is 0 Å². The third-order valence-electron chi connectivity index (χ3n) is 4.96. The quantitative estimate of drug-likeness (QED) is 0.419. The fourth-order valence-electron chi connectivity index (χ4n) is 3.62. The lowest BCUT2D eigenvalue weighted by atomic mass is 9.93. The second-order valence-corrected chi connectivity index (χ2v) is 8.15. The minimum Gasteiger partial charge on any atom is -0.490 e. The maximum Gasteiger partial charge on any atom is 0.338 e. The summed E-state index contributed by atoms with van der Waals surface area (Å²) >= 11 is 1.43. The number of rotatable bonds is 9. The van der Waals surface area contributed by atoms with Gasteiger partial charge in [0.15, 0.2) is 16.7 Å². The van der Waals surface area contributed by atoms with E-state index in [-0.39, 0.29) is 17.8 Å². The Bertz CT molecular complexity index is 940. The average molecular weight is 445 g/mol. The number of nitrogens with zero attached hydrogens (tertiary/aromatic N) is 2. The van der Waals surface area contributed by atoms with Crippen LogP contribution in [0.1, 0.15) is 45.7 Å². The van der Waals surface area contributed by atoms with Gasteiger partial charge in [0.1, 0.15) is 6.61 Å². The molecule has 166 valence electrons. The molecular weight excluding hydrogens is 416 g/mol. The Morgan fingerprint density at radius 3 is 2.58 bits per heavy atom. The van der Waals surface area contributed by atoms with Gasteiger partial charge in [-0.25, -0.2) is 9.79 Å². The van der Waals surface area contributed by atoms with Crippen LogP contribution in [0.3, 0.4) is 0 Å². The van der Waals surface area contributed by atoms with E-state index in [0.717, 1.165) is 5.56 Å². The minimum atomic E-state index is -0.656. The minimum absolute atomic E-state index is 0.0652. The summed E-state index contributed by atoms with van der Waals surface area (Å²) < 4.78 is 16.8. The predicted molar refractivity (Wildman–Crippen MR) is 121 cm³/mol. The smallest absolute Gasteiger partial charge is 0.338 e. The number of aliphatic imine (C=N–C) groups is 1. The first-order valence-corrected chi connectivity index (χ1v) is 11.3. The van der Waals surface area contributed by atoms with Crippen LogP contribution < -0.4 is 9.47 Å². The van der Waals surface area contributed by atoms with Crippen molar-refractivity contribution in [2.75, 3.05) is 19.8 Å². The lowest BCUT2D eigenvalue weighted by Gasteiger charge is -2.33.